The standard InChI is InChI=1S/C31H43B3O6/c1-2-3-4-5-6-7-8-9-10-11-24-31(25-12-18-28(19-13-25)32(35)36,26-14-20-29(21-15-26)33(37)38)27-16-22-30(23-17-27)34(39)40/h12-23,35-40H,2-11,24H2,1H3. The Balaban J connectivity index is 1.93. The number of rotatable bonds is 17. The molecule has 0 spiro atoms. The van der Waals surface area contributed by atoms with E-state index in [1.165, 1.54) is 44.9 Å². The average molecular weight is 544 g/mol. The summed E-state index contributed by atoms with van der Waals surface area (Å²) in [4.78, 5) is 0. The van der Waals surface area contributed by atoms with E-state index in [0.717, 1.165) is 42.4 Å². The maximum atomic E-state index is 9.68. The van der Waals surface area contributed by atoms with Gasteiger partial charge in [-0.3, -0.25) is 0 Å². The molecule has 0 bridgehead atoms. The lowest BCUT2D eigenvalue weighted by Gasteiger charge is -2.37. The third kappa shape index (κ3) is 8.56. The van der Waals surface area contributed by atoms with Crippen molar-refractivity contribution >= 4 is 37.7 Å². The SMILES string of the molecule is CCCCCCCCCCCCC(c1ccc(B(O)O)cc1)(c1ccc(B(O)O)cc1)c1ccc(B(O)O)cc1. The summed E-state index contributed by atoms with van der Waals surface area (Å²) < 4.78 is 0. The van der Waals surface area contributed by atoms with Crippen LogP contribution in [0.25, 0.3) is 0 Å². The van der Waals surface area contributed by atoms with Gasteiger partial charge in [0.2, 0.25) is 0 Å². The smallest absolute Gasteiger partial charge is 0.423 e. The molecule has 3 aromatic rings. The van der Waals surface area contributed by atoms with E-state index in [2.05, 4.69) is 6.92 Å². The van der Waals surface area contributed by atoms with Crippen molar-refractivity contribution in [3.63, 3.8) is 0 Å². The van der Waals surface area contributed by atoms with Crippen LogP contribution in [0.15, 0.2) is 72.8 Å². The highest BCUT2D eigenvalue weighted by Crippen LogP contribution is 2.43. The van der Waals surface area contributed by atoms with Gasteiger partial charge in [-0.15, -0.1) is 0 Å². The molecule has 6 nitrogen and oxygen atoms in total. The van der Waals surface area contributed by atoms with Crippen LogP contribution in [0.1, 0.15) is 94.2 Å². The number of hydrogen-bond acceptors (Lipinski definition) is 6. The molecule has 3 aromatic carbocycles. The van der Waals surface area contributed by atoms with Crippen LogP contribution >= 0.6 is 0 Å². The van der Waals surface area contributed by atoms with E-state index in [1.54, 1.807) is 36.4 Å². The van der Waals surface area contributed by atoms with Crippen LogP contribution in [0, 0.1) is 0 Å². The van der Waals surface area contributed by atoms with E-state index in [1.807, 2.05) is 36.4 Å². The molecule has 0 aliphatic rings. The van der Waals surface area contributed by atoms with Gasteiger partial charge in [-0.05, 0) is 39.5 Å². The van der Waals surface area contributed by atoms with Gasteiger partial charge in [0.1, 0.15) is 0 Å². The molecule has 0 saturated carbocycles. The molecule has 0 radical (unpaired) electrons. The summed E-state index contributed by atoms with van der Waals surface area (Å²) >= 11 is 0. The molecule has 9 heteroatoms. The van der Waals surface area contributed by atoms with E-state index in [-0.39, 0.29) is 0 Å². The van der Waals surface area contributed by atoms with Gasteiger partial charge >= 0.3 is 21.4 Å². The van der Waals surface area contributed by atoms with E-state index in [4.69, 9.17) is 0 Å². The minimum atomic E-state index is -1.57. The van der Waals surface area contributed by atoms with Crippen molar-refractivity contribution in [2.24, 2.45) is 0 Å². The first-order chi connectivity index (χ1) is 19.3. The monoisotopic (exact) mass is 544 g/mol. The molecular weight excluding hydrogens is 501 g/mol. The van der Waals surface area contributed by atoms with E-state index >= 15 is 0 Å². The number of benzene rings is 3. The molecule has 0 amide bonds. The van der Waals surface area contributed by atoms with E-state index < -0.39 is 26.8 Å². The molecule has 3 rings (SSSR count). The first-order valence-corrected chi connectivity index (χ1v) is 14.7. The quantitative estimate of drug-likeness (QED) is 0.0883. The number of hydrogen-bond donors (Lipinski definition) is 6. The van der Waals surface area contributed by atoms with Crippen LogP contribution in [-0.2, 0) is 5.41 Å². The highest BCUT2D eigenvalue weighted by Gasteiger charge is 2.36. The molecule has 0 heterocycles. The van der Waals surface area contributed by atoms with Gasteiger partial charge in [0.25, 0.3) is 0 Å². The molecule has 0 aliphatic heterocycles. The Bertz CT molecular complexity index is 994. The third-order valence-electron chi connectivity index (χ3n) is 8.01. The largest absolute Gasteiger partial charge is 0.488 e. The zero-order valence-electron chi connectivity index (χ0n) is 23.6. The van der Waals surface area contributed by atoms with Gasteiger partial charge in [0.15, 0.2) is 0 Å². The van der Waals surface area contributed by atoms with Gasteiger partial charge in [0, 0.05) is 5.41 Å². The Hall–Kier alpha value is -2.39. The highest BCUT2D eigenvalue weighted by atomic mass is 16.4. The molecule has 0 aliphatic carbocycles. The first kappa shape index (κ1) is 32.1. The van der Waals surface area contributed by atoms with Crippen molar-refractivity contribution < 1.29 is 30.1 Å². The normalized spacial score (nSPS) is 11.5. The van der Waals surface area contributed by atoms with Crippen LogP contribution < -0.4 is 16.4 Å². The Morgan fingerprint density at radius 2 is 0.700 bits per heavy atom. The van der Waals surface area contributed by atoms with Crippen molar-refractivity contribution in [1.82, 2.24) is 0 Å². The maximum absolute atomic E-state index is 9.68. The van der Waals surface area contributed by atoms with Crippen molar-refractivity contribution in [1.29, 1.82) is 0 Å². The van der Waals surface area contributed by atoms with Crippen molar-refractivity contribution in [3.05, 3.63) is 89.5 Å². The number of unbranched alkanes of at least 4 members (excludes halogenated alkanes) is 9. The second-order valence-corrected chi connectivity index (χ2v) is 10.8. The summed E-state index contributed by atoms with van der Waals surface area (Å²) in [5, 5.41) is 58.1. The molecule has 6 N–H and O–H groups in total. The Morgan fingerprint density at radius 3 is 0.975 bits per heavy atom. The van der Waals surface area contributed by atoms with Crippen LogP contribution in [0.5, 0.6) is 0 Å². The minimum Gasteiger partial charge on any atom is -0.423 e. The zero-order valence-corrected chi connectivity index (χ0v) is 23.6. The van der Waals surface area contributed by atoms with Crippen molar-refractivity contribution in [3.8, 4) is 0 Å². The second kappa shape index (κ2) is 16.2. The van der Waals surface area contributed by atoms with Gasteiger partial charge in [-0.25, -0.2) is 0 Å². The third-order valence-corrected chi connectivity index (χ3v) is 8.01. The topological polar surface area (TPSA) is 121 Å². The summed E-state index contributed by atoms with van der Waals surface area (Å²) in [6.07, 6.45) is 12.9. The highest BCUT2D eigenvalue weighted by molar-refractivity contribution is 6.59. The minimum absolute atomic E-state index is 0.397. The van der Waals surface area contributed by atoms with Crippen LogP contribution in [0.2, 0.25) is 0 Å². The fraction of sp³-hybridized carbons (Fsp3) is 0.419. The second-order valence-electron chi connectivity index (χ2n) is 10.8. The van der Waals surface area contributed by atoms with E-state index in [9.17, 15) is 30.1 Å². The maximum Gasteiger partial charge on any atom is 0.488 e. The predicted molar refractivity (Wildman–Crippen MR) is 165 cm³/mol. The van der Waals surface area contributed by atoms with E-state index in [0.29, 0.717) is 16.4 Å². The Labute approximate surface area is 240 Å². The summed E-state index contributed by atoms with van der Waals surface area (Å²) in [5.41, 5.74) is 3.45. The van der Waals surface area contributed by atoms with Gasteiger partial charge in [-0.2, -0.15) is 0 Å². The first-order valence-electron chi connectivity index (χ1n) is 14.7. The molecule has 0 unspecified atom stereocenters. The molecule has 0 saturated heterocycles. The van der Waals surface area contributed by atoms with Gasteiger partial charge in [0.05, 0.1) is 0 Å². The lowest BCUT2D eigenvalue weighted by molar-refractivity contribution is 0.424. The fourth-order valence-electron chi connectivity index (χ4n) is 5.63. The average Bonchev–Trinajstić information content (AvgIpc) is 2.96. The van der Waals surface area contributed by atoms with Crippen molar-refractivity contribution in [2.75, 3.05) is 0 Å². The molecule has 0 atom stereocenters. The summed E-state index contributed by atoms with van der Waals surface area (Å²) in [6.45, 7) is 2.24. The molecule has 0 aromatic heterocycles. The Kier molecular flexibility index (Phi) is 13.0. The predicted octanol–water partition coefficient (Wildman–Crippen LogP) is 2.37. The van der Waals surface area contributed by atoms with Gasteiger partial charge in [-0.1, -0.05) is 144 Å². The summed E-state index contributed by atoms with van der Waals surface area (Å²) in [5.74, 6) is 0. The van der Waals surface area contributed by atoms with Crippen LogP contribution in [0.3, 0.4) is 0 Å². The van der Waals surface area contributed by atoms with Crippen molar-refractivity contribution in [2.45, 2.75) is 83.0 Å². The summed E-state index contributed by atoms with van der Waals surface area (Å²) in [7, 11) is -4.71. The van der Waals surface area contributed by atoms with Gasteiger partial charge < -0.3 is 30.1 Å². The molecule has 0 fully saturated rings. The van der Waals surface area contributed by atoms with Crippen LogP contribution in [-0.4, -0.2) is 51.5 Å². The zero-order chi connectivity index (χ0) is 29.0. The summed E-state index contributed by atoms with van der Waals surface area (Å²) in [6, 6.07) is 21.7. The van der Waals surface area contributed by atoms with Crippen LogP contribution in [0.4, 0.5) is 0 Å². The molecule has 40 heavy (non-hydrogen) atoms. The Morgan fingerprint density at radius 1 is 0.425 bits per heavy atom. The molecular formula is C31H43B3O6. The molecule has 212 valence electrons. The lowest BCUT2D eigenvalue weighted by atomic mass is 9.64. The lowest BCUT2D eigenvalue weighted by Crippen LogP contribution is -2.35. The fourth-order valence-corrected chi connectivity index (χ4v) is 5.63.